The molecule has 0 saturated heterocycles. The number of carbonyl (C=O) groups excluding carboxylic acids is 1. The Morgan fingerprint density at radius 3 is 2.38 bits per heavy atom. The lowest BCUT2D eigenvalue weighted by Crippen LogP contribution is -2.38. The molecule has 0 aliphatic heterocycles. The maximum atomic E-state index is 12.1. The molecule has 1 amide bonds. The van der Waals surface area contributed by atoms with Crippen molar-refractivity contribution in [1.29, 1.82) is 0 Å². The topological polar surface area (TPSA) is 72.9 Å². The number of sulfone groups is 1. The number of hydrogen-bond donors (Lipinski definition) is 0. The van der Waals surface area contributed by atoms with Crippen LogP contribution < -0.4 is 9.47 Å². The zero-order valence-electron chi connectivity index (χ0n) is 12.9. The van der Waals surface area contributed by atoms with Gasteiger partial charge in [0.15, 0.2) is 21.3 Å². The van der Waals surface area contributed by atoms with Crippen molar-refractivity contribution in [3.05, 3.63) is 23.8 Å². The van der Waals surface area contributed by atoms with E-state index in [2.05, 4.69) is 0 Å². The average molecular weight is 315 g/mol. The molecule has 0 spiro atoms. The highest BCUT2D eigenvalue weighted by Crippen LogP contribution is 2.31. The van der Waals surface area contributed by atoms with E-state index in [4.69, 9.17) is 9.47 Å². The van der Waals surface area contributed by atoms with Gasteiger partial charge in [-0.05, 0) is 13.0 Å². The molecule has 6 nitrogen and oxygen atoms in total. The van der Waals surface area contributed by atoms with E-state index in [0.717, 1.165) is 11.8 Å². The Hall–Kier alpha value is -1.76. The van der Waals surface area contributed by atoms with E-state index in [1.54, 1.807) is 25.2 Å². The Labute approximate surface area is 125 Å². The summed E-state index contributed by atoms with van der Waals surface area (Å²) in [6.07, 6.45) is 1.05. The number of rotatable bonds is 6. The van der Waals surface area contributed by atoms with Crippen LogP contribution in [0.15, 0.2) is 18.2 Å². The zero-order valence-corrected chi connectivity index (χ0v) is 13.7. The standard InChI is InChI=1S/C14H21NO5S/c1-10(21(5,17)18)14(16)15(2)9-11-7-6-8-12(19-3)13(11)20-4/h6-8,10H,9H2,1-5H3. The normalized spacial score (nSPS) is 12.6. The third-order valence-corrected chi connectivity index (χ3v) is 4.74. The Kier molecular flexibility index (Phi) is 5.60. The number of methoxy groups -OCH3 is 2. The van der Waals surface area contributed by atoms with E-state index in [1.807, 2.05) is 0 Å². The quantitative estimate of drug-likeness (QED) is 0.786. The molecule has 1 rings (SSSR count). The summed E-state index contributed by atoms with van der Waals surface area (Å²) in [5.41, 5.74) is 0.744. The second-order valence-electron chi connectivity index (χ2n) is 4.82. The van der Waals surface area contributed by atoms with Gasteiger partial charge < -0.3 is 14.4 Å². The molecule has 0 fully saturated rings. The van der Waals surface area contributed by atoms with Crippen molar-refractivity contribution >= 4 is 15.7 Å². The van der Waals surface area contributed by atoms with Crippen LogP contribution in [0.5, 0.6) is 11.5 Å². The van der Waals surface area contributed by atoms with E-state index in [1.165, 1.54) is 26.0 Å². The molecule has 0 aliphatic carbocycles. The van der Waals surface area contributed by atoms with Crippen molar-refractivity contribution in [2.75, 3.05) is 27.5 Å². The maximum absolute atomic E-state index is 12.1. The van der Waals surface area contributed by atoms with Gasteiger partial charge in [0.1, 0.15) is 5.25 Å². The smallest absolute Gasteiger partial charge is 0.240 e. The molecule has 7 heteroatoms. The second-order valence-corrected chi connectivity index (χ2v) is 7.18. The molecule has 21 heavy (non-hydrogen) atoms. The average Bonchev–Trinajstić information content (AvgIpc) is 2.44. The Bertz CT molecular complexity index is 612. The van der Waals surface area contributed by atoms with E-state index in [-0.39, 0.29) is 6.54 Å². The first kappa shape index (κ1) is 17.3. The number of carbonyl (C=O) groups is 1. The predicted octanol–water partition coefficient (Wildman–Crippen LogP) is 1.10. The van der Waals surface area contributed by atoms with Gasteiger partial charge in [-0.1, -0.05) is 12.1 Å². The fraction of sp³-hybridized carbons (Fsp3) is 0.500. The molecule has 0 bridgehead atoms. The summed E-state index contributed by atoms with van der Waals surface area (Å²) in [6.45, 7) is 1.62. The Morgan fingerprint density at radius 2 is 1.90 bits per heavy atom. The van der Waals surface area contributed by atoms with Crippen LogP contribution >= 0.6 is 0 Å². The summed E-state index contributed by atoms with van der Waals surface area (Å²) in [7, 11) is 1.19. The lowest BCUT2D eigenvalue weighted by Gasteiger charge is -2.22. The van der Waals surface area contributed by atoms with Crippen LogP contribution in [0, 0.1) is 0 Å². The third-order valence-electron chi connectivity index (χ3n) is 3.26. The van der Waals surface area contributed by atoms with Gasteiger partial charge in [-0.2, -0.15) is 0 Å². The molecule has 1 unspecified atom stereocenters. The van der Waals surface area contributed by atoms with Crippen LogP contribution in [-0.2, 0) is 21.2 Å². The van der Waals surface area contributed by atoms with Crippen LogP contribution in [0.3, 0.4) is 0 Å². The Balaban J connectivity index is 2.99. The minimum atomic E-state index is -3.42. The van der Waals surface area contributed by atoms with Gasteiger partial charge in [0, 0.05) is 25.4 Å². The molecule has 0 heterocycles. The van der Waals surface area contributed by atoms with Crippen molar-refractivity contribution in [3.8, 4) is 11.5 Å². The molecule has 1 aromatic carbocycles. The number of hydrogen-bond acceptors (Lipinski definition) is 5. The highest BCUT2D eigenvalue weighted by molar-refractivity contribution is 7.92. The number of ether oxygens (including phenoxy) is 2. The number of nitrogens with zero attached hydrogens (tertiary/aromatic N) is 1. The van der Waals surface area contributed by atoms with Crippen molar-refractivity contribution in [1.82, 2.24) is 4.90 Å². The number of para-hydroxylation sites is 1. The van der Waals surface area contributed by atoms with Crippen LogP contribution in [0.1, 0.15) is 12.5 Å². The van der Waals surface area contributed by atoms with E-state index in [9.17, 15) is 13.2 Å². The largest absolute Gasteiger partial charge is 0.493 e. The molecule has 0 aromatic heterocycles. The molecule has 1 atom stereocenters. The minimum Gasteiger partial charge on any atom is -0.493 e. The lowest BCUT2D eigenvalue weighted by molar-refractivity contribution is -0.129. The van der Waals surface area contributed by atoms with Crippen LogP contribution in [0.2, 0.25) is 0 Å². The lowest BCUT2D eigenvalue weighted by atomic mass is 10.1. The fourth-order valence-corrected chi connectivity index (χ4v) is 2.45. The van der Waals surface area contributed by atoms with E-state index >= 15 is 0 Å². The fourth-order valence-electron chi connectivity index (χ4n) is 1.91. The monoisotopic (exact) mass is 315 g/mol. The molecular formula is C14H21NO5S. The highest BCUT2D eigenvalue weighted by Gasteiger charge is 2.27. The SMILES string of the molecule is COc1cccc(CN(C)C(=O)C(C)S(C)(=O)=O)c1OC. The number of benzene rings is 1. The first-order chi connectivity index (χ1) is 9.72. The van der Waals surface area contributed by atoms with Gasteiger partial charge >= 0.3 is 0 Å². The van der Waals surface area contributed by atoms with Gasteiger partial charge in [0.05, 0.1) is 14.2 Å². The third kappa shape index (κ3) is 4.10. The summed E-state index contributed by atoms with van der Waals surface area (Å²) < 4.78 is 33.4. The maximum Gasteiger partial charge on any atom is 0.240 e. The first-order valence-corrected chi connectivity index (χ1v) is 8.31. The molecule has 0 N–H and O–H groups in total. The van der Waals surface area contributed by atoms with Gasteiger partial charge in [0.25, 0.3) is 0 Å². The molecule has 1 aromatic rings. The predicted molar refractivity (Wildman–Crippen MR) is 80.3 cm³/mol. The summed E-state index contributed by atoms with van der Waals surface area (Å²) in [5, 5.41) is -1.07. The van der Waals surface area contributed by atoms with Crippen molar-refractivity contribution in [2.45, 2.75) is 18.7 Å². The highest BCUT2D eigenvalue weighted by atomic mass is 32.2. The zero-order chi connectivity index (χ0) is 16.2. The van der Waals surface area contributed by atoms with Gasteiger partial charge in [-0.25, -0.2) is 8.42 Å². The first-order valence-electron chi connectivity index (χ1n) is 6.36. The van der Waals surface area contributed by atoms with Crippen LogP contribution in [0.25, 0.3) is 0 Å². The van der Waals surface area contributed by atoms with E-state index in [0.29, 0.717) is 11.5 Å². The molecule has 0 saturated carbocycles. The molecule has 0 aliphatic rings. The summed E-state index contributed by atoms with van der Waals surface area (Å²) in [5.74, 6) is 0.640. The van der Waals surface area contributed by atoms with Gasteiger partial charge in [0.2, 0.25) is 5.91 Å². The summed E-state index contributed by atoms with van der Waals surface area (Å²) in [4.78, 5) is 13.5. The van der Waals surface area contributed by atoms with Gasteiger partial charge in [-0.3, -0.25) is 4.79 Å². The molecule has 118 valence electrons. The summed E-state index contributed by atoms with van der Waals surface area (Å²) >= 11 is 0. The summed E-state index contributed by atoms with van der Waals surface area (Å²) in [6, 6.07) is 5.34. The van der Waals surface area contributed by atoms with Gasteiger partial charge in [-0.15, -0.1) is 0 Å². The molecule has 0 radical (unpaired) electrons. The van der Waals surface area contributed by atoms with Crippen molar-refractivity contribution in [3.63, 3.8) is 0 Å². The van der Waals surface area contributed by atoms with Crippen molar-refractivity contribution < 1.29 is 22.7 Å². The Morgan fingerprint density at radius 1 is 1.29 bits per heavy atom. The number of amides is 1. The van der Waals surface area contributed by atoms with Crippen molar-refractivity contribution in [2.24, 2.45) is 0 Å². The van der Waals surface area contributed by atoms with Crippen LogP contribution in [-0.4, -0.2) is 52.0 Å². The molecular weight excluding hydrogens is 294 g/mol. The van der Waals surface area contributed by atoms with E-state index < -0.39 is 21.0 Å². The van der Waals surface area contributed by atoms with Crippen LogP contribution in [0.4, 0.5) is 0 Å². The second kappa shape index (κ2) is 6.80. The minimum absolute atomic E-state index is 0.235.